The van der Waals surface area contributed by atoms with E-state index in [0.29, 0.717) is 31.1 Å². The van der Waals surface area contributed by atoms with Crippen molar-refractivity contribution in [3.8, 4) is 5.75 Å². The second kappa shape index (κ2) is 6.04. The molecule has 1 heterocycles. The van der Waals surface area contributed by atoms with Gasteiger partial charge in [0.2, 0.25) is 0 Å². The molecule has 6 nitrogen and oxygen atoms in total. The molecule has 0 spiro atoms. The van der Waals surface area contributed by atoms with Crippen molar-refractivity contribution in [3.63, 3.8) is 0 Å². The van der Waals surface area contributed by atoms with E-state index in [1.807, 2.05) is 4.90 Å². The summed E-state index contributed by atoms with van der Waals surface area (Å²) in [6, 6.07) is 2.27. The molecule has 1 unspecified atom stereocenters. The van der Waals surface area contributed by atoms with E-state index in [4.69, 9.17) is 9.84 Å². The van der Waals surface area contributed by atoms with Crippen LogP contribution in [0.5, 0.6) is 5.75 Å². The maximum Gasteiger partial charge on any atom is 0.313 e. The van der Waals surface area contributed by atoms with Crippen molar-refractivity contribution in [3.05, 3.63) is 28.1 Å². The molecule has 0 saturated carbocycles. The minimum absolute atomic E-state index is 0.0528. The number of ether oxygens (including phenoxy) is 1. The first kappa shape index (κ1) is 14.5. The molecular weight excluding hydrogens is 267 g/mol. The molecule has 1 aromatic rings. The molecule has 0 amide bonds. The summed E-state index contributed by atoms with van der Waals surface area (Å²) in [5.41, 5.74) is -0.0623. The number of aliphatic hydroxyl groups is 1. The standard InChI is InChI=1S/C13H17FN2O4/c1-20-13-7-11(10(14)6-12(13)16(18)19)15-4-2-9(8-15)3-5-17/h6-7,9,17H,2-5,8H2,1H3. The fraction of sp³-hybridized carbons (Fsp3) is 0.538. The molecule has 1 aromatic carbocycles. The molecule has 0 radical (unpaired) electrons. The highest BCUT2D eigenvalue weighted by Gasteiger charge is 2.27. The fourth-order valence-electron chi connectivity index (χ4n) is 2.55. The van der Waals surface area contributed by atoms with Crippen molar-refractivity contribution in [2.45, 2.75) is 12.8 Å². The zero-order chi connectivity index (χ0) is 14.7. The van der Waals surface area contributed by atoms with Gasteiger partial charge < -0.3 is 14.7 Å². The molecule has 1 N–H and O–H groups in total. The first-order chi connectivity index (χ1) is 9.56. The van der Waals surface area contributed by atoms with E-state index >= 15 is 0 Å². The van der Waals surface area contributed by atoms with E-state index in [1.165, 1.54) is 13.2 Å². The number of aliphatic hydroxyl groups excluding tert-OH is 1. The predicted octanol–water partition coefficient (Wildman–Crippen LogP) is 1.95. The average Bonchev–Trinajstić information content (AvgIpc) is 2.87. The van der Waals surface area contributed by atoms with Crippen molar-refractivity contribution in [2.75, 3.05) is 31.7 Å². The Morgan fingerprint density at radius 3 is 2.95 bits per heavy atom. The van der Waals surface area contributed by atoms with Crippen LogP contribution >= 0.6 is 0 Å². The average molecular weight is 284 g/mol. The van der Waals surface area contributed by atoms with Gasteiger partial charge >= 0.3 is 5.69 Å². The fourth-order valence-corrected chi connectivity index (χ4v) is 2.55. The third kappa shape index (κ3) is 2.82. The molecule has 0 aliphatic carbocycles. The van der Waals surface area contributed by atoms with Gasteiger partial charge in [-0.2, -0.15) is 0 Å². The highest BCUT2D eigenvalue weighted by atomic mass is 19.1. The van der Waals surface area contributed by atoms with Crippen LogP contribution in [0.15, 0.2) is 12.1 Å². The Morgan fingerprint density at radius 2 is 2.35 bits per heavy atom. The molecule has 0 bridgehead atoms. The van der Waals surface area contributed by atoms with Crippen LogP contribution in [0.25, 0.3) is 0 Å². The molecule has 7 heteroatoms. The minimum Gasteiger partial charge on any atom is -0.490 e. The molecule has 110 valence electrons. The summed E-state index contributed by atoms with van der Waals surface area (Å²) in [5.74, 6) is -0.250. The summed E-state index contributed by atoms with van der Waals surface area (Å²) in [4.78, 5) is 12.0. The van der Waals surface area contributed by atoms with Crippen molar-refractivity contribution < 1.29 is 19.2 Å². The van der Waals surface area contributed by atoms with Crippen LogP contribution in [0.4, 0.5) is 15.8 Å². The number of methoxy groups -OCH3 is 1. The minimum atomic E-state index is -0.662. The number of anilines is 1. The van der Waals surface area contributed by atoms with Gasteiger partial charge in [0.1, 0.15) is 0 Å². The second-order valence-electron chi connectivity index (χ2n) is 4.85. The van der Waals surface area contributed by atoms with Crippen LogP contribution in [-0.4, -0.2) is 36.8 Å². The van der Waals surface area contributed by atoms with Gasteiger partial charge in [-0.1, -0.05) is 0 Å². The van der Waals surface area contributed by atoms with Gasteiger partial charge in [-0.15, -0.1) is 0 Å². The van der Waals surface area contributed by atoms with Gasteiger partial charge in [-0.3, -0.25) is 10.1 Å². The van der Waals surface area contributed by atoms with Crippen molar-refractivity contribution >= 4 is 11.4 Å². The lowest BCUT2D eigenvalue weighted by Crippen LogP contribution is -2.21. The lowest BCUT2D eigenvalue weighted by Gasteiger charge is -2.20. The maximum absolute atomic E-state index is 14.0. The van der Waals surface area contributed by atoms with Crippen molar-refractivity contribution in [1.29, 1.82) is 0 Å². The largest absolute Gasteiger partial charge is 0.490 e. The van der Waals surface area contributed by atoms with E-state index in [-0.39, 0.29) is 18.0 Å². The van der Waals surface area contributed by atoms with Gasteiger partial charge in [0.15, 0.2) is 11.6 Å². The normalized spacial score (nSPS) is 18.4. The number of hydrogen-bond donors (Lipinski definition) is 1. The molecule has 1 aliphatic heterocycles. The molecule has 1 fully saturated rings. The Balaban J connectivity index is 2.27. The highest BCUT2D eigenvalue weighted by molar-refractivity contribution is 5.60. The third-order valence-corrected chi connectivity index (χ3v) is 3.61. The van der Waals surface area contributed by atoms with Crippen LogP contribution in [-0.2, 0) is 0 Å². The molecule has 2 rings (SSSR count). The van der Waals surface area contributed by atoms with Gasteiger partial charge in [-0.25, -0.2) is 4.39 Å². The van der Waals surface area contributed by atoms with Crippen LogP contribution in [0.3, 0.4) is 0 Å². The zero-order valence-electron chi connectivity index (χ0n) is 11.2. The van der Waals surface area contributed by atoms with Crippen LogP contribution in [0.1, 0.15) is 12.8 Å². The van der Waals surface area contributed by atoms with Crippen LogP contribution in [0, 0.1) is 21.8 Å². The number of benzene rings is 1. The van der Waals surface area contributed by atoms with Gasteiger partial charge in [-0.05, 0) is 18.8 Å². The summed E-state index contributed by atoms with van der Waals surface area (Å²) in [6.07, 6.45) is 1.56. The molecule has 20 heavy (non-hydrogen) atoms. The number of rotatable bonds is 5. The van der Waals surface area contributed by atoms with E-state index in [9.17, 15) is 14.5 Å². The number of hydrogen-bond acceptors (Lipinski definition) is 5. The van der Waals surface area contributed by atoms with Gasteiger partial charge in [0, 0.05) is 25.8 Å². The third-order valence-electron chi connectivity index (χ3n) is 3.61. The van der Waals surface area contributed by atoms with Crippen LogP contribution in [0.2, 0.25) is 0 Å². The summed E-state index contributed by atoms with van der Waals surface area (Å²) < 4.78 is 19.0. The topological polar surface area (TPSA) is 75.8 Å². The maximum atomic E-state index is 14.0. The highest BCUT2D eigenvalue weighted by Crippen LogP contribution is 2.36. The number of nitro groups is 1. The Kier molecular flexibility index (Phi) is 4.39. The number of nitrogens with zero attached hydrogens (tertiary/aromatic N) is 2. The Morgan fingerprint density at radius 1 is 1.60 bits per heavy atom. The molecule has 0 aromatic heterocycles. The van der Waals surface area contributed by atoms with E-state index in [0.717, 1.165) is 12.5 Å². The molecule has 1 saturated heterocycles. The van der Waals surface area contributed by atoms with Gasteiger partial charge in [0.25, 0.3) is 0 Å². The Hall–Kier alpha value is -1.89. The van der Waals surface area contributed by atoms with E-state index in [2.05, 4.69) is 0 Å². The van der Waals surface area contributed by atoms with Gasteiger partial charge in [0.05, 0.1) is 23.8 Å². The zero-order valence-corrected chi connectivity index (χ0v) is 11.2. The Labute approximate surface area is 115 Å². The smallest absolute Gasteiger partial charge is 0.313 e. The van der Waals surface area contributed by atoms with Crippen molar-refractivity contribution in [2.24, 2.45) is 5.92 Å². The number of halogens is 1. The van der Waals surface area contributed by atoms with E-state index in [1.54, 1.807) is 0 Å². The molecule has 1 atom stereocenters. The summed E-state index contributed by atoms with van der Waals surface area (Å²) >= 11 is 0. The Bertz CT molecular complexity index is 509. The summed E-state index contributed by atoms with van der Waals surface area (Å²) in [7, 11) is 1.32. The van der Waals surface area contributed by atoms with Crippen LogP contribution < -0.4 is 9.64 Å². The number of nitro benzene ring substituents is 1. The van der Waals surface area contributed by atoms with Crippen molar-refractivity contribution in [1.82, 2.24) is 0 Å². The monoisotopic (exact) mass is 284 g/mol. The SMILES string of the molecule is COc1cc(N2CCC(CCO)C2)c(F)cc1[N+](=O)[O-]. The second-order valence-corrected chi connectivity index (χ2v) is 4.85. The quantitative estimate of drug-likeness (QED) is 0.660. The lowest BCUT2D eigenvalue weighted by atomic mass is 10.1. The predicted molar refractivity (Wildman–Crippen MR) is 71.6 cm³/mol. The lowest BCUT2D eigenvalue weighted by molar-refractivity contribution is -0.385. The summed E-state index contributed by atoms with van der Waals surface area (Å²) in [6.45, 7) is 1.42. The molecular formula is C13H17FN2O4. The summed E-state index contributed by atoms with van der Waals surface area (Å²) in [5, 5.41) is 19.8. The molecule has 1 aliphatic rings. The van der Waals surface area contributed by atoms with E-state index < -0.39 is 10.7 Å². The first-order valence-electron chi connectivity index (χ1n) is 6.44. The first-order valence-corrected chi connectivity index (χ1v) is 6.44.